The number of rotatable bonds is 5. The van der Waals surface area contributed by atoms with Crippen molar-refractivity contribution in [1.29, 1.82) is 0 Å². The Bertz CT molecular complexity index is 627. The van der Waals surface area contributed by atoms with Gasteiger partial charge in [0.1, 0.15) is 0 Å². The van der Waals surface area contributed by atoms with Crippen molar-refractivity contribution in [3.63, 3.8) is 0 Å². The highest BCUT2D eigenvalue weighted by atomic mass is 35.5. The molecule has 6 heteroatoms. The van der Waals surface area contributed by atoms with Crippen LogP contribution >= 0.6 is 34.8 Å². The number of nitrogens with one attached hydrogen (secondary N) is 1. The predicted octanol–water partition coefficient (Wildman–Crippen LogP) is 5.28. The first-order valence-electron chi connectivity index (χ1n) is 6.15. The molecule has 0 saturated carbocycles. The topological polar surface area (TPSA) is 30.5 Å². The summed E-state index contributed by atoms with van der Waals surface area (Å²) in [5.74, 6) is 1.09. The Morgan fingerprint density at radius 3 is 2.19 bits per heavy atom. The molecule has 0 spiro atoms. The van der Waals surface area contributed by atoms with Gasteiger partial charge in [0.15, 0.2) is 11.5 Å². The molecular weight excluding hydrogens is 333 g/mol. The van der Waals surface area contributed by atoms with Crippen LogP contribution in [-0.2, 0) is 6.54 Å². The lowest BCUT2D eigenvalue weighted by atomic mass is 10.2. The summed E-state index contributed by atoms with van der Waals surface area (Å²) in [6, 6.07) is 8.99. The van der Waals surface area contributed by atoms with E-state index in [2.05, 4.69) is 5.32 Å². The summed E-state index contributed by atoms with van der Waals surface area (Å²) in [7, 11) is 3.11. The normalized spacial score (nSPS) is 10.3. The van der Waals surface area contributed by atoms with Gasteiger partial charge in [0.05, 0.1) is 35.0 Å². The average molecular weight is 347 g/mol. The van der Waals surface area contributed by atoms with Gasteiger partial charge in [0.2, 0.25) is 0 Å². The van der Waals surface area contributed by atoms with Crippen molar-refractivity contribution in [2.75, 3.05) is 19.5 Å². The van der Waals surface area contributed by atoms with Crippen molar-refractivity contribution in [3.8, 4) is 11.5 Å². The largest absolute Gasteiger partial charge is 0.493 e. The van der Waals surface area contributed by atoms with Gasteiger partial charge in [-0.15, -0.1) is 0 Å². The van der Waals surface area contributed by atoms with E-state index in [-0.39, 0.29) is 0 Å². The number of methoxy groups -OCH3 is 2. The van der Waals surface area contributed by atoms with Gasteiger partial charge in [0, 0.05) is 6.54 Å². The lowest BCUT2D eigenvalue weighted by molar-refractivity contribution is 0.355. The molecule has 0 aliphatic carbocycles. The van der Waals surface area contributed by atoms with Gasteiger partial charge in [-0.2, -0.15) is 0 Å². The van der Waals surface area contributed by atoms with Crippen LogP contribution in [0.4, 0.5) is 5.69 Å². The van der Waals surface area contributed by atoms with E-state index in [1.54, 1.807) is 38.5 Å². The third kappa shape index (κ3) is 3.49. The van der Waals surface area contributed by atoms with E-state index < -0.39 is 0 Å². The minimum atomic E-state index is 0.461. The van der Waals surface area contributed by atoms with Crippen molar-refractivity contribution in [2.24, 2.45) is 0 Å². The Balaban J connectivity index is 2.25. The van der Waals surface area contributed by atoms with Gasteiger partial charge >= 0.3 is 0 Å². The monoisotopic (exact) mass is 345 g/mol. The van der Waals surface area contributed by atoms with E-state index >= 15 is 0 Å². The number of ether oxygens (including phenoxy) is 2. The van der Waals surface area contributed by atoms with Gasteiger partial charge in [-0.05, 0) is 23.8 Å². The molecule has 2 rings (SSSR count). The number of para-hydroxylation sites is 1. The van der Waals surface area contributed by atoms with Gasteiger partial charge in [-0.3, -0.25) is 0 Å². The average Bonchev–Trinajstić information content (AvgIpc) is 2.47. The van der Waals surface area contributed by atoms with Crippen LogP contribution in [0.15, 0.2) is 30.3 Å². The van der Waals surface area contributed by atoms with Crippen LogP contribution in [0.5, 0.6) is 11.5 Å². The molecule has 2 aromatic carbocycles. The number of benzene rings is 2. The number of hydrogen-bond acceptors (Lipinski definition) is 3. The fraction of sp³-hybridized carbons (Fsp3) is 0.200. The molecule has 0 aromatic heterocycles. The molecule has 2 aromatic rings. The zero-order valence-corrected chi connectivity index (χ0v) is 13.8. The van der Waals surface area contributed by atoms with Gasteiger partial charge in [0.25, 0.3) is 0 Å². The Morgan fingerprint density at radius 1 is 0.952 bits per heavy atom. The Hall–Kier alpha value is -1.29. The molecular formula is C15H14Cl3NO2. The molecule has 0 bridgehead atoms. The van der Waals surface area contributed by atoms with Crippen molar-refractivity contribution < 1.29 is 9.47 Å². The molecule has 112 valence electrons. The smallest absolute Gasteiger partial charge is 0.179 e. The molecule has 3 nitrogen and oxygen atoms in total. The van der Waals surface area contributed by atoms with E-state index in [0.29, 0.717) is 38.8 Å². The Kier molecular flexibility index (Phi) is 5.45. The lowest BCUT2D eigenvalue weighted by Crippen LogP contribution is -2.03. The van der Waals surface area contributed by atoms with E-state index in [4.69, 9.17) is 44.3 Å². The zero-order chi connectivity index (χ0) is 15.4. The molecule has 0 aliphatic rings. The SMILES string of the molecule is COc1ccc(CNc2c(Cl)cccc2Cl)c(Cl)c1OC. The highest BCUT2D eigenvalue weighted by molar-refractivity contribution is 6.39. The maximum Gasteiger partial charge on any atom is 0.179 e. The fourth-order valence-corrected chi connectivity index (χ4v) is 2.75. The second-order valence-electron chi connectivity index (χ2n) is 4.22. The highest BCUT2D eigenvalue weighted by Crippen LogP contribution is 2.38. The number of halogens is 3. The standard InChI is InChI=1S/C15H14Cl3NO2/c1-20-12-7-6-9(13(18)15(12)21-2)8-19-14-10(16)4-3-5-11(14)17/h3-7,19H,8H2,1-2H3. The Labute approximate surface area is 138 Å². The maximum absolute atomic E-state index is 6.33. The third-order valence-electron chi connectivity index (χ3n) is 2.98. The molecule has 21 heavy (non-hydrogen) atoms. The van der Waals surface area contributed by atoms with E-state index in [0.717, 1.165) is 5.56 Å². The van der Waals surface area contributed by atoms with Crippen molar-refractivity contribution in [1.82, 2.24) is 0 Å². The quantitative estimate of drug-likeness (QED) is 0.799. The Morgan fingerprint density at radius 2 is 1.62 bits per heavy atom. The summed E-state index contributed by atoms with van der Waals surface area (Å²) in [4.78, 5) is 0. The molecule has 0 saturated heterocycles. The molecule has 0 radical (unpaired) electrons. The summed E-state index contributed by atoms with van der Waals surface area (Å²) in [5.41, 5.74) is 1.52. The summed E-state index contributed by atoms with van der Waals surface area (Å²) >= 11 is 18.6. The van der Waals surface area contributed by atoms with E-state index in [1.165, 1.54) is 0 Å². The molecule has 1 N–H and O–H groups in total. The summed E-state index contributed by atoms with van der Waals surface area (Å²) in [5, 5.41) is 4.78. The van der Waals surface area contributed by atoms with Gasteiger partial charge < -0.3 is 14.8 Å². The van der Waals surface area contributed by atoms with Gasteiger partial charge in [-0.1, -0.05) is 46.9 Å². The highest BCUT2D eigenvalue weighted by Gasteiger charge is 2.13. The third-order valence-corrected chi connectivity index (χ3v) is 4.03. The van der Waals surface area contributed by atoms with E-state index in [1.807, 2.05) is 6.07 Å². The van der Waals surface area contributed by atoms with Crippen LogP contribution in [0.2, 0.25) is 15.1 Å². The second-order valence-corrected chi connectivity index (χ2v) is 5.42. The fourth-order valence-electron chi connectivity index (χ4n) is 1.92. The van der Waals surface area contributed by atoms with Crippen LogP contribution in [0.3, 0.4) is 0 Å². The van der Waals surface area contributed by atoms with Crippen molar-refractivity contribution in [2.45, 2.75) is 6.54 Å². The zero-order valence-electron chi connectivity index (χ0n) is 11.5. The molecule has 0 aliphatic heterocycles. The number of anilines is 1. The van der Waals surface area contributed by atoms with Crippen LogP contribution in [0, 0.1) is 0 Å². The predicted molar refractivity (Wildman–Crippen MR) is 88.3 cm³/mol. The first-order chi connectivity index (χ1) is 10.1. The molecule has 0 amide bonds. The molecule has 0 atom stereocenters. The van der Waals surface area contributed by atoms with E-state index in [9.17, 15) is 0 Å². The maximum atomic E-state index is 6.33. The first-order valence-corrected chi connectivity index (χ1v) is 7.29. The minimum Gasteiger partial charge on any atom is -0.493 e. The van der Waals surface area contributed by atoms with Crippen LogP contribution < -0.4 is 14.8 Å². The minimum absolute atomic E-state index is 0.461. The number of hydrogen-bond donors (Lipinski definition) is 1. The summed E-state index contributed by atoms with van der Waals surface area (Å²) in [6.45, 7) is 0.461. The van der Waals surface area contributed by atoms with Crippen molar-refractivity contribution in [3.05, 3.63) is 51.0 Å². The summed E-state index contributed by atoms with van der Waals surface area (Å²) in [6.07, 6.45) is 0. The molecule has 0 fully saturated rings. The van der Waals surface area contributed by atoms with Crippen LogP contribution in [0.25, 0.3) is 0 Å². The lowest BCUT2D eigenvalue weighted by Gasteiger charge is -2.15. The summed E-state index contributed by atoms with van der Waals surface area (Å²) < 4.78 is 10.5. The van der Waals surface area contributed by atoms with Crippen molar-refractivity contribution >= 4 is 40.5 Å². The van der Waals surface area contributed by atoms with Crippen LogP contribution in [0.1, 0.15) is 5.56 Å². The van der Waals surface area contributed by atoms with Crippen LogP contribution in [-0.4, -0.2) is 14.2 Å². The second kappa shape index (κ2) is 7.12. The molecule has 0 unspecified atom stereocenters. The molecule has 0 heterocycles. The first kappa shape index (κ1) is 16.1. The van der Waals surface area contributed by atoms with Gasteiger partial charge in [-0.25, -0.2) is 0 Å².